The molecule has 6 atom stereocenters. The first-order valence-electron chi connectivity index (χ1n) is 14.3. The van der Waals surface area contributed by atoms with Crippen molar-refractivity contribution in [1.82, 2.24) is 9.80 Å². The minimum atomic E-state index is -2.64. The molecule has 41 heavy (non-hydrogen) atoms. The van der Waals surface area contributed by atoms with Crippen LogP contribution in [0.4, 0.5) is 5.69 Å². The van der Waals surface area contributed by atoms with Crippen molar-refractivity contribution in [1.29, 1.82) is 0 Å². The molecular formula is C30H38N4O7. The van der Waals surface area contributed by atoms with Crippen molar-refractivity contribution in [2.24, 2.45) is 23.5 Å². The van der Waals surface area contributed by atoms with E-state index < -0.39 is 58.0 Å². The lowest BCUT2D eigenvalue weighted by Crippen LogP contribution is -2.63. The predicted molar refractivity (Wildman–Crippen MR) is 150 cm³/mol. The molecule has 2 unspecified atom stereocenters. The Balaban J connectivity index is 1.53. The average Bonchev–Trinajstić information content (AvgIpc) is 3.28. The average molecular weight is 567 g/mol. The minimum Gasteiger partial charge on any atom is -0.510 e. The monoisotopic (exact) mass is 566 g/mol. The summed E-state index contributed by atoms with van der Waals surface area (Å²) in [6.07, 6.45) is 2.43. The Bertz CT molecular complexity index is 1450. The quantitative estimate of drug-likeness (QED) is 0.336. The Kier molecular flexibility index (Phi) is 6.29. The number of likely N-dealkylation sites (N-methyl/N-ethyl adjacent to an activating group) is 1. The highest BCUT2D eigenvalue weighted by atomic mass is 16.3. The number of ketones is 2. The molecule has 1 amide bonds. The number of aliphatic hydroxyl groups excluding tert-OH is 2. The molecule has 1 fully saturated rings. The summed E-state index contributed by atoms with van der Waals surface area (Å²) in [4.78, 5) is 45.9. The van der Waals surface area contributed by atoms with E-state index in [1.807, 2.05) is 7.05 Å². The third-order valence-corrected chi connectivity index (χ3v) is 10.1. The van der Waals surface area contributed by atoms with Crippen molar-refractivity contribution in [3.8, 4) is 5.75 Å². The molecule has 220 valence electrons. The van der Waals surface area contributed by atoms with E-state index in [0.29, 0.717) is 17.9 Å². The van der Waals surface area contributed by atoms with Gasteiger partial charge in [0.15, 0.2) is 11.4 Å². The van der Waals surface area contributed by atoms with Crippen LogP contribution in [0.15, 0.2) is 28.7 Å². The molecule has 0 radical (unpaired) electrons. The highest BCUT2D eigenvalue weighted by Gasteiger charge is 2.63. The van der Waals surface area contributed by atoms with Crippen LogP contribution < -0.4 is 10.6 Å². The highest BCUT2D eigenvalue weighted by Crippen LogP contribution is 2.56. The molecule has 2 aliphatic heterocycles. The van der Waals surface area contributed by atoms with Crippen LogP contribution in [0.5, 0.6) is 5.75 Å². The Labute approximate surface area is 238 Å². The van der Waals surface area contributed by atoms with Gasteiger partial charge in [-0.2, -0.15) is 0 Å². The lowest BCUT2D eigenvalue weighted by molar-refractivity contribution is -0.148. The van der Waals surface area contributed by atoms with Gasteiger partial charge in [0.1, 0.15) is 22.8 Å². The summed E-state index contributed by atoms with van der Waals surface area (Å²) >= 11 is 0. The number of amides is 1. The van der Waals surface area contributed by atoms with Gasteiger partial charge in [0.2, 0.25) is 5.78 Å². The third-order valence-electron chi connectivity index (χ3n) is 10.1. The van der Waals surface area contributed by atoms with Gasteiger partial charge in [0.25, 0.3) is 5.91 Å². The first-order chi connectivity index (χ1) is 19.3. The van der Waals surface area contributed by atoms with Crippen LogP contribution in [0.3, 0.4) is 0 Å². The summed E-state index contributed by atoms with van der Waals surface area (Å²) in [5.74, 6) is -5.94. The number of primary amides is 1. The lowest BCUT2D eigenvalue weighted by atomic mass is 9.58. The van der Waals surface area contributed by atoms with E-state index in [4.69, 9.17) is 5.73 Å². The van der Waals surface area contributed by atoms with Crippen LogP contribution in [-0.2, 0) is 16.0 Å². The molecule has 1 saturated heterocycles. The zero-order valence-electron chi connectivity index (χ0n) is 23.8. The number of hydrogen-bond acceptors (Lipinski definition) is 10. The second-order valence-electron chi connectivity index (χ2n) is 12.6. The normalized spacial score (nSPS) is 33.0. The van der Waals surface area contributed by atoms with Crippen molar-refractivity contribution in [3.63, 3.8) is 0 Å². The van der Waals surface area contributed by atoms with E-state index >= 15 is 0 Å². The Hall–Kier alpha value is -3.41. The lowest BCUT2D eigenvalue weighted by Gasteiger charge is -2.50. The van der Waals surface area contributed by atoms with Gasteiger partial charge in [-0.05, 0) is 81.9 Å². The number of benzene rings is 1. The molecule has 11 nitrogen and oxygen atoms in total. The maximum Gasteiger partial charge on any atom is 0.255 e. The van der Waals surface area contributed by atoms with Crippen LogP contribution in [0, 0.1) is 17.8 Å². The van der Waals surface area contributed by atoms with E-state index in [0.717, 1.165) is 43.7 Å². The molecule has 3 aliphatic carbocycles. The van der Waals surface area contributed by atoms with E-state index in [1.165, 1.54) is 0 Å². The molecule has 0 spiro atoms. The Morgan fingerprint density at radius 2 is 1.93 bits per heavy atom. The Morgan fingerprint density at radius 1 is 1.22 bits per heavy atom. The van der Waals surface area contributed by atoms with Crippen molar-refractivity contribution in [3.05, 3.63) is 45.4 Å². The number of likely N-dealkylation sites (tertiary alicyclic amines) is 1. The summed E-state index contributed by atoms with van der Waals surface area (Å²) in [5, 5.41) is 45.6. The zero-order valence-corrected chi connectivity index (χ0v) is 23.8. The molecule has 6 N–H and O–H groups in total. The molecule has 2 heterocycles. The fraction of sp³-hybridized carbons (Fsp3) is 0.567. The SMILES string of the molecule is CCCN1CCC2CN(C)c3c(cc(O)c4c3C[C@@H]3C[C@@H]5[C@H](N(C)C)C(O)=C(C(N)=O)C(=O)[C@@]5(O)C(O)=C3C4=O)C21. The number of allylic oxidation sites excluding steroid dienone is 1. The van der Waals surface area contributed by atoms with Gasteiger partial charge in [-0.3, -0.25) is 24.2 Å². The first-order valence-corrected chi connectivity index (χ1v) is 14.3. The maximum absolute atomic E-state index is 14.1. The van der Waals surface area contributed by atoms with E-state index in [-0.39, 0.29) is 29.3 Å². The molecule has 1 aromatic rings. The van der Waals surface area contributed by atoms with Crippen molar-refractivity contribution < 1.29 is 34.8 Å². The molecule has 5 aliphatic rings. The molecular weight excluding hydrogens is 528 g/mol. The van der Waals surface area contributed by atoms with Crippen LogP contribution in [0.2, 0.25) is 0 Å². The van der Waals surface area contributed by atoms with Crippen molar-refractivity contribution >= 4 is 23.2 Å². The number of aliphatic hydroxyl groups is 3. The number of aromatic hydroxyl groups is 1. The Morgan fingerprint density at radius 3 is 2.56 bits per heavy atom. The standard InChI is InChI=1S/C30H38N4O7/c1-5-7-34-8-6-13-12-33(4)23-15-9-14-10-17-24(32(2)3)26(37)21(29(31)40)28(39)30(17,41)27(38)19(14)25(36)20(15)18(35)11-16(23)22(13)34/h11,13-14,17,22,24,35,37-38,41H,5-10,12H2,1-4H3,(H2,31,40)/t13?,14-,17-,22?,24+,30+/m1/s1. The number of carbonyl (C=O) groups excluding carboxylic acids is 3. The number of carbonyl (C=O) groups is 3. The number of rotatable bonds is 4. The fourth-order valence-electron chi connectivity index (χ4n) is 8.56. The predicted octanol–water partition coefficient (Wildman–Crippen LogP) is 1.34. The minimum absolute atomic E-state index is 0.0647. The topological polar surface area (TPSA) is 168 Å². The first kappa shape index (κ1) is 27.7. The second-order valence-corrected chi connectivity index (χ2v) is 12.6. The number of phenolic OH excluding ortho intramolecular Hbond substituents is 1. The smallest absolute Gasteiger partial charge is 0.255 e. The molecule has 0 saturated carbocycles. The van der Waals surface area contributed by atoms with Gasteiger partial charge >= 0.3 is 0 Å². The van der Waals surface area contributed by atoms with Gasteiger partial charge in [0, 0.05) is 36.8 Å². The van der Waals surface area contributed by atoms with Gasteiger partial charge < -0.3 is 31.1 Å². The number of hydrogen-bond donors (Lipinski definition) is 5. The van der Waals surface area contributed by atoms with Crippen LogP contribution in [0.1, 0.15) is 53.7 Å². The van der Waals surface area contributed by atoms with Crippen molar-refractivity contribution in [2.45, 2.75) is 50.3 Å². The number of anilines is 1. The molecule has 0 aromatic heterocycles. The summed E-state index contributed by atoms with van der Waals surface area (Å²) in [6.45, 7) is 4.87. The number of fused-ring (bicyclic) bond motifs is 7. The second kappa shape index (κ2) is 9.30. The van der Waals surface area contributed by atoms with Gasteiger partial charge in [-0.15, -0.1) is 0 Å². The third kappa shape index (κ3) is 3.58. The number of nitrogens with zero attached hydrogens (tertiary/aromatic N) is 3. The molecule has 11 heteroatoms. The number of nitrogens with two attached hydrogens (primary N) is 1. The van der Waals surface area contributed by atoms with Crippen molar-refractivity contribution in [2.75, 3.05) is 45.7 Å². The van der Waals surface area contributed by atoms with E-state index in [2.05, 4.69) is 16.7 Å². The molecule has 0 bridgehead atoms. The van der Waals surface area contributed by atoms with Gasteiger partial charge in [-0.1, -0.05) is 6.92 Å². The van der Waals surface area contributed by atoms with E-state index in [9.17, 15) is 34.8 Å². The maximum atomic E-state index is 14.1. The fourth-order valence-corrected chi connectivity index (χ4v) is 8.56. The van der Waals surface area contributed by atoms with E-state index in [1.54, 1.807) is 25.1 Å². The summed E-state index contributed by atoms with van der Waals surface area (Å²) < 4.78 is 0. The van der Waals surface area contributed by atoms with Crippen LogP contribution in [0.25, 0.3) is 0 Å². The zero-order chi connectivity index (χ0) is 29.7. The number of Topliss-reactive ketones (excluding diaryl/α,β-unsaturated/α-hetero) is 2. The van der Waals surface area contributed by atoms with Gasteiger partial charge in [0.05, 0.1) is 11.6 Å². The largest absolute Gasteiger partial charge is 0.510 e. The highest BCUT2D eigenvalue weighted by molar-refractivity contribution is 6.25. The molecule has 6 rings (SSSR count). The van der Waals surface area contributed by atoms with Gasteiger partial charge in [-0.25, -0.2) is 0 Å². The van der Waals surface area contributed by atoms with Crippen LogP contribution >= 0.6 is 0 Å². The van der Waals surface area contributed by atoms with Crippen LogP contribution in [-0.4, -0.2) is 100 Å². The summed E-state index contributed by atoms with van der Waals surface area (Å²) in [6, 6.07) is 0.798. The summed E-state index contributed by atoms with van der Waals surface area (Å²) in [5.41, 5.74) is 4.50. The number of phenols is 1. The summed E-state index contributed by atoms with van der Waals surface area (Å²) in [7, 11) is 5.24. The molecule has 1 aromatic carbocycles.